The number of aromatic amines is 1. The number of hydrogen-bond acceptors (Lipinski definition) is 25. The number of benzene rings is 1. The maximum Gasteiger partial charge on any atom is 0.243 e. The normalized spacial score (nSPS) is 15.7. The Hall–Kier alpha value is -11.1. The number of nitrogens with two attached hydrogens (primary N) is 8. The molecule has 1 aromatic carbocycles. The number of carbonyl (C=O) groups is 18. The van der Waals surface area contributed by atoms with Crippen LogP contribution in [0.2, 0.25) is 0 Å². The summed E-state index contributed by atoms with van der Waals surface area (Å²) < 4.78 is 0. The zero-order valence-corrected chi connectivity index (χ0v) is 82.2. The maximum absolute atomic E-state index is 15.0. The van der Waals surface area contributed by atoms with Crippen LogP contribution in [0.15, 0.2) is 30.5 Å². The highest BCUT2D eigenvalue weighted by atomic mass is 16.2. The Morgan fingerprint density at radius 2 is 0.537 bits per heavy atom. The minimum Gasteiger partial charge on any atom is -0.368 e. The van der Waals surface area contributed by atoms with Crippen LogP contribution in [0.3, 0.4) is 0 Å². The van der Waals surface area contributed by atoms with Gasteiger partial charge in [-0.05, 0) is 210 Å². The molecule has 0 bridgehead atoms. The number of hydrogen-bond donors (Lipinski definition) is 26. The Labute approximate surface area is 800 Å². The van der Waals surface area contributed by atoms with Crippen molar-refractivity contribution in [2.45, 2.75) is 335 Å². The van der Waals surface area contributed by atoms with Crippen LogP contribution in [0.5, 0.6) is 0 Å². The van der Waals surface area contributed by atoms with Crippen LogP contribution in [0.4, 0.5) is 0 Å². The molecule has 44 heteroatoms. The van der Waals surface area contributed by atoms with Crippen LogP contribution in [0.25, 0.3) is 10.9 Å². The van der Waals surface area contributed by atoms with Gasteiger partial charge in [-0.3, -0.25) is 86.3 Å². The SMILES string of the molecule is CC[C@H](C)[C@H](NC(=O)[C@H](C)NC(=O)CNC(=O)[C@H](CCCCN)NC(=O)[C@@H](NC(=O)[C@H](CCCCN)NC(=O)[C@@H](NC(=O)[C@H](C)NC(=O)CNC(=O)[C@H](CCCCN)NC(=O)[C@H](Cc1c[nH]c2ccccc12)NC(=O)[C@H](CCCCN)NC(=O)[C@@H](NC(=O)[C@H](C)NC(=O)CNC(=O)[C@H](CCCCN)NC(=O)[C@@H](NC(=O)[C@@H](N)CCCCN)[C@@H](C)CC)[C@@H](C)CC)[C@@H](C)CC)[C@@H](C)CC)C(N)=O. The van der Waals surface area contributed by atoms with E-state index in [1.54, 1.807) is 85.9 Å². The van der Waals surface area contributed by atoms with Gasteiger partial charge < -0.3 is 141 Å². The van der Waals surface area contributed by atoms with Crippen molar-refractivity contribution < 1.29 is 86.3 Å². The van der Waals surface area contributed by atoms with E-state index in [2.05, 4.69) is 95.4 Å². The summed E-state index contributed by atoms with van der Waals surface area (Å²) in [6, 6.07) is -11.4. The van der Waals surface area contributed by atoms with Gasteiger partial charge in [0.1, 0.15) is 84.6 Å². The van der Waals surface area contributed by atoms with Gasteiger partial charge in [-0.25, -0.2) is 0 Å². The second kappa shape index (κ2) is 66.4. The van der Waals surface area contributed by atoms with Gasteiger partial charge in [0.05, 0.1) is 25.7 Å². The van der Waals surface area contributed by atoms with Crippen LogP contribution in [-0.2, 0) is 92.7 Å². The molecule has 44 nitrogen and oxygen atoms in total. The van der Waals surface area contributed by atoms with Crippen molar-refractivity contribution in [3.63, 3.8) is 0 Å². The van der Waals surface area contributed by atoms with Crippen molar-refractivity contribution in [3.8, 4) is 0 Å². The predicted octanol–water partition coefficient (Wildman–Crippen LogP) is -3.28. The molecule has 0 spiro atoms. The Morgan fingerprint density at radius 3 is 0.846 bits per heavy atom. The second-order valence-corrected chi connectivity index (χ2v) is 35.5. The van der Waals surface area contributed by atoms with Gasteiger partial charge in [0.25, 0.3) is 0 Å². The van der Waals surface area contributed by atoms with E-state index >= 15 is 4.79 Å². The lowest BCUT2D eigenvalue weighted by Crippen LogP contribution is -2.61. The summed E-state index contributed by atoms with van der Waals surface area (Å²) in [5.41, 5.74) is 47.7. The molecule has 0 aliphatic heterocycles. The first-order valence-electron chi connectivity index (χ1n) is 48.5. The molecule has 0 unspecified atom stereocenters. The zero-order chi connectivity index (χ0) is 102. The van der Waals surface area contributed by atoms with Crippen molar-refractivity contribution in [1.29, 1.82) is 0 Å². The first-order valence-corrected chi connectivity index (χ1v) is 48.5. The standard InChI is InChI=1S/C92H164N26O18/c1-14-52(6)73(78(100)122)114-79(123)57(11)105-70(119)50-103-85(129)66(38-24-30-44-96)110-92(136)77(56(10)18-5)118-87(131)68(40-26-32-46-98)112-90(134)75(54(8)16-3)116-81(125)59(13)106-71(120)49-102-83(127)64(36-22-28-42-94)108-88(132)69(47-60-48-101-63-35-20-19-33-61(60)63)113-86(130)67(39-25-31-45-97)111-89(133)74(53(7)15-2)115-80(124)58(12)107-72(121)51-104-84(128)65(37-23-29-43-95)109-91(135)76(55(9)17-4)117-82(126)62(99)34-21-27-41-93/h19-20,33,35,48,52-59,62,64-69,73-77,101H,14-18,21-32,34,36-47,49-51,93-99H2,1-13H3,(H2,100,122)(H,102,127)(H,103,129)(H,104,128)(H,105,119)(H,106,120)(H,107,121)(H,108,132)(H,109,135)(H,110,136)(H,111,133)(H,112,134)(H,113,130)(H,114,123)(H,115,124)(H,116,125)(H,117,126)(H,118,131)/t52-,53-,54-,55-,56-,57-,58-,59-,62-,64-,65-,66-,67-,68-,69-,73-,74-,75-,76-,77-/m0/s1. The summed E-state index contributed by atoms with van der Waals surface area (Å²) in [7, 11) is 0. The molecule has 0 aliphatic rings. The summed E-state index contributed by atoms with van der Waals surface area (Å²) in [5, 5.41) is 45.8. The third-order valence-electron chi connectivity index (χ3n) is 24.5. The fourth-order valence-electron chi connectivity index (χ4n) is 14.6. The van der Waals surface area contributed by atoms with E-state index in [4.69, 9.17) is 45.9 Å². The highest BCUT2D eigenvalue weighted by Crippen LogP contribution is 2.22. The molecular formula is C92H164N26O18. The lowest BCUT2D eigenvalue weighted by Gasteiger charge is -2.30. The molecule has 2 rings (SSSR count). The van der Waals surface area contributed by atoms with Gasteiger partial charge in [0.15, 0.2) is 0 Å². The van der Waals surface area contributed by atoms with E-state index in [0.29, 0.717) is 145 Å². The Morgan fingerprint density at radius 1 is 0.287 bits per heavy atom. The number of aromatic nitrogens is 1. The number of nitrogens with one attached hydrogen (secondary N) is 18. The van der Waals surface area contributed by atoms with Gasteiger partial charge in [-0.15, -0.1) is 0 Å². The fourth-order valence-corrected chi connectivity index (χ4v) is 14.6. The minimum atomic E-state index is -1.46. The molecule has 20 atom stereocenters. The highest BCUT2D eigenvalue weighted by molar-refractivity contribution is 6.01. The highest BCUT2D eigenvalue weighted by Gasteiger charge is 2.40. The largest absolute Gasteiger partial charge is 0.368 e. The molecule has 18 amide bonds. The summed E-state index contributed by atoms with van der Waals surface area (Å²) in [6.07, 6.45) is 9.19. The molecule has 770 valence electrons. The molecule has 1 aromatic heterocycles. The van der Waals surface area contributed by atoms with Gasteiger partial charge in [0, 0.05) is 23.5 Å². The van der Waals surface area contributed by atoms with E-state index in [1.165, 1.54) is 20.8 Å². The van der Waals surface area contributed by atoms with E-state index < -0.39 is 234 Å². The molecule has 0 fully saturated rings. The van der Waals surface area contributed by atoms with Gasteiger partial charge in [-0.1, -0.05) is 126 Å². The summed E-state index contributed by atoms with van der Waals surface area (Å²) in [4.78, 5) is 254. The quantitative estimate of drug-likeness (QED) is 0.0289. The molecule has 1 heterocycles. The molecule has 0 aliphatic carbocycles. The Balaban J connectivity index is 2.41. The lowest BCUT2D eigenvalue weighted by molar-refractivity contribution is -0.136. The molecular weight excluding hydrogens is 1760 g/mol. The van der Waals surface area contributed by atoms with E-state index in [9.17, 15) is 81.5 Å². The number of primary amides is 1. The van der Waals surface area contributed by atoms with E-state index in [-0.39, 0.29) is 76.5 Å². The number of para-hydroxylation sites is 1. The van der Waals surface area contributed by atoms with Gasteiger partial charge in [-0.2, -0.15) is 0 Å². The number of carbonyl (C=O) groups excluding carboxylic acids is 18. The molecule has 2 aromatic rings. The van der Waals surface area contributed by atoms with Gasteiger partial charge >= 0.3 is 0 Å². The maximum atomic E-state index is 15.0. The monoisotopic (exact) mass is 1920 g/mol. The van der Waals surface area contributed by atoms with Crippen molar-refractivity contribution in [3.05, 3.63) is 36.0 Å². The van der Waals surface area contributed by atoms with Crippen LogP contribution < -0.4 is 136 Å². The van der Waals surface area contributed by atoms with E-state index in [1.807, 2.05) is 13.8 Å². The molecule has 34 N–H and O–H groups in total. The smallest absolute Gasteiger partial charge is 0.243 e. The van der Waals surface area contributed by atoms with Crippen molar-refractivity contribution in [2.75, 3.05) is 58.9 Å². The minimum absolute atomic E-state index is 0.0107. The number of H-pyrrole nitrogens is 1. The summed E-state index contributed by atoms with van der Waals surface area (Å²) in [5.74, 6) is -16.3. The van der Waals surface area contributed by atoms with Crippen molar-refractivity contribution >= 4 is 117 Å². The third-order valence-corrected chi connectivity index (χ3v) is 24.5. The third kappa shape index (κ3) is 44.0. The number of unbranched alkanes of at least 4 members (excludes halogenated alkanes) is 6. The Kier molecular flexibility index (Phi) is 59.1. The van der Waals surface area contributed by atoms with Crippen LogP contribution in [-0.4, -0.2) is 261 Å². The number of fused-ring (bicyclic) bond motifs is 1. The van der Waals surface area contributed by atoms with E-state index in [0.717, 1.165) is 0 Å². The Bertz CT molecular complexity index is 4120. The van der Waals surface area contributed by atoms with Crippen molar-refractivity contribution in [2.24, 2.45) is 75.5 Å². The number of amides is 18. The van der Waals surface area contributed by atoms with Gasteiger partial charge in [0.2, 0.25) is 106 Å². The van der Waals surface area contributed by atoms with Crippen LogP contribution in [0.1, 0.15) is 243 Å². The summed E-state index contributed by atoms with van der Waals surface area (Å²) in [6.45, 7) is 21.2. The zero-order valence-electron chi connectivity index (χ0n) is 82.2. The van der Waals surface area contributed by atoms with Crippen LogP contribution >= 0.6 is 0 Å². The molecule has 136 heavy (non-hydrogen) atoms. The topological polar surface area (TPSA) is 736 Å². The molecule has 0 saturated heterocycles. The lowest BCUT2D eigenvalue weighted by atomic mass is 9.95. The fraction of sp³-hybridized carbons (Fsp3) is 0.717. The average molecular weight is 1920 g/mol. The molecule has 0 saturated carbocycles. The second-order valence-electron chi connectivity index (χ2n) is 35.5. The van der Waals surface area contributed by atoms with Crippen LogP contribution in [0, 0.1) is 29.6 Å². The number of rotatable bonds is 71. The summed E-state index contributed by atoms with van der Waals surface area (Å²) >= 11 is 0. The predicted molar refractivity (Wildman–Crippen MR) is 517 cm³/mol. The molecule has 0 radical (unpaired) electrons. The average Bonchev–Trinajstić information content (AvgIpc) is 1.69. The first kappa shape index (κ1) is 121. The van der Waals surface area contributed by atoms with Crippen molar-refractivity contribution in [1.82, 2.24) is 95.4 Å². The first-order chi connectivity index (χ1) is 64.6.